The molecule has 2 amide bonds. The molecule has 0 radical (unpaired) electrons. The monoisotopic (exact) mass is 384 g/mol. The molecule has 7 heteroatoms. The molecule has 2 aliphatic rings. The summed E-state index contributed by atoms with van der Waals surface area (Å²) in [6.45, 7) is 2.17. The van der Waals surface area contributed by atoms with Gasteiger partial charge in [0.1, 0.15) is 17.3 Å². The van der Waals surface area contributed by atoms with Gasteiger partial charge in [-0.2, -0.15) is 5.10 Å². The summed E-state index contributed by atoms with van der Waals surface area (Å²) in [5.41, 5.74) is 1.51. The van der Waals surface area contributed by atoms with Gasteiger partial charge in [0.15, 0.2) is 0 Å². The highest BCUT2D eigenvalue weighted by Gasteiger charge is 2.43. The molecule has 2 heterocycles. The molecule has 0 unspecified atom stereocenters. The number of urea groups is 1. The highest BCUT2D eigenvalue weighted by atomic mass is 16.5. The van der Waals surface area contributed by atoms with E-state index in [2.05, 4.69) is 10.4 Å². The van der Waals surface area contributed by atoms with Crippen LogP contribution in [0, 0.1) is 5.41 Å². The zero-order valence-electron chi connectivity index (χ0n) is 16.6. The van der Waals surface area contributed by atoms with Crippen molar-refractivity contribution in [2.24, 2.45) is 5.41 Å². The van der Waals surface area contributed by atoms with Crippen LogP contribution in [0.5, 0.6) is 11.5 Å². The first-order valence-electron chi connectivity index (χ1n) is 9.91. The predicted molar refractivity (Wildman–Crippen MR) is 107 cm³/mol. The van der Waals surface area contributed by atoms with Gasteiger partial charge >= 0.3 is 6.03 Å². The molecular formula is C21H28N4O3. The summed E-state index contributed by atoms with van der Waals surface area (Å²) in [7, 11) is 3.26. The fourth-order valence-electron chi connectivity index (χ4n) is 4.03. The first kappa shape index (κ1) is 18.7. The van der Waals surface area contributed by atoms with Crippen molar-refractivity contribution in [3.05, 3.63) is 36.0 Å². The second-order valence-electron chi connectivity index (χ2n) is 7.82. The van der Waals surface area contributed by atoms with Crippen LogP contribution in [-0.2, 0) is 6.54 Å². The molecule has 1 N–H and O–H groups in total. The summed E-state index contributed by atoms with van der Waals surface area (Å²) in [5, 5.41) is 7.41. The smallest absolute Gasteiger partial charge is 0.322 e. The number of hydrogen-bond donors (Lipinski definition) is 1. The van der Waals surface area contributed by atoms with Crippen LogP contribution in [0.2, 0.25) is 0 Å². The number of hydrogen-bond acceptors (Lipinski definition) is 4. The summed E-state index contributed by atoms with van der Waals surface area (Å²) in [4.78, 5) is 14.7. The van der Waals surface area contributed by atoms with Gasteiger partial charge in [-0.25, -0.2) is 9.48 Å². The van der Waals surface area contributed by atoms with Gasteiger partial charge in [-0.3, -0.25) is 5.32 Å². The molecule has 4 rings (SSSR count). The van der Waals surface area contributed by atoms with Crippen LogP contribution in [0.25, 0.3) is 0 Å². The van der Waals surface area contributed by atoms with Crippen molar-refractivity contribution in [3.63, 3.8) is 0 Å². The Morgan fingerprint density at radius 3 is 2.75 bits per heavy atom. The van der Waals surface area contributed by atoms with Gasteiger partial charge in [-0.15, -0.1) is 0 Å². The molecule has 1 aliphatic heterocycles. The Labute approximate surface area is 165 Å². The highest BCUT2D eigenvalue weighted by Crippen LogP contribution is 2.53. The summed E-state index contributed by atoms with van der Waals surface area (Å²) in [6.07, 6.45) is 7.84. The molecule has 2 fully saturated rings. The lowest BCUT2D eigenvalue weighted by Gasteiger charge is -2.21. The minimum atomic E-state index is -0.0406. The maximum Gasteiger partial charge on any atom is 0.322 e. The van der Waals surface area contributed by atoms with Crippen LogP contribution in [-0.4, -0.2) is 48.0 Å². The van der Waals surface area contributed by atoms with Gasteiger partial charge in [-0.05, 0) is 49.7 Å². The fourth-order valence-corrected chi connectivity index (χ4v) is 4.03. The predicted octanol–water partition coefficient (Wildman–Crippen LogP) is 3.75. The van der Waals surface area contributed by atoms with E-state index in [9.17, 15) is 4.79 Å². The number of aromatic nitrogens is 2. The lowest BCUT2D eigenvalue weighted by atomic mass is 9.98. The normalized spacial score (nSPS) is 17.9. The average molecular weight is 384 g/mol. The van der Waals surface area contributed by atoms with Crippen LogP contribution >= 0.6 is 0 Å². The summed E-state index contributed by atoms with van der Waals surface area (Å²) in [6, 6.07) is 7.48. The minimum absolute atomic E-state index is 0.0406. The first-order chi connectivity index (χ1) is 13.6. The van der Waals surface area contributed by atoms with Crippen molar-refractivity contribution in [2.45, 2.75) is 38.6 Å². The second-order valence-corrected chi connectivity index (χ2v) is 7.82. The van der Waals surface area contributed by atoms with E-state index in [0.717, 1.165) is 43.0 Å². The second kappa shape index (κ2) is 7.73. The van der Waals surface area contributed by atoms with Crippen LogP contribution in [0.3, 0.4) is 0 Å². The quantitative estimate of drug-likeness (QED) is 0.853. The van der Waals surface area contributed by atoms with Crippen LogP contribution < -0.4 is 14.8 Å². The van der Waals surface area contributed by atoms with E-state index in [1.165, 1.54) is 19.3 Å². The maximum atomic E-state index is 12.8. The summed E-state index contributed by atoms with van der Waals surface area (Å²) in [5.74, 6) is 2.16. The van der Waals surface area contributed by atoms with Crippen molar-refractivity contribution < 1.29 is 14.3 Å². The zero-order chi connectivity index (χ0) is 19.6. The molecule has 1 spiro atoms. The lowest BCUT2D eigenvalue weighted by Crippen LogP contribution is -2.36. The van der Waals surface area contributed by atoms with E-state index in [4.69, 9.17) is 9.47 Å². The van der Waals surface area contributed by atoms with E-state index in [1.54, 1.807) is 25.1 Å². The lowest BCUT2D eigenvalue weighted by molar-refractivity contribution is 0.212. The molecule has 1 aromatic carbocycles. The minimum Gasteiger partial charge on any atom is -0.497 e. The van der Waals surface area contributed by atoms with Gasteiger partial charge in [-0.1, -0.05) is 0 Å². The Hall–Kier alpha value is -2.70. The van der Waals surface area contributed by atoms with E-state index in [0.29, 0.717) is 17.8 Å². The number of ether oxygens (including phenoxy) is 2. The number of methoxy groups -OCH3 is 2. The number of nitrogens with one attached hydrogen (secondary N) is 1. The standard InChI is InChI=1S/C21H28N4O3/c1-27-17-5-4-16(18(14-17)28-2)15-25-19(6-11-22-25)23-20(26)24-12-3-7-21(8-9-21)10-13-24/h4-6,11,14H,3,7-10,12-13,15H2,1-2H3,(H,23,26). The molecule has 1 saturated heterocycles. The Balaban J connectivity index is 1.43. The Morgan fingerprint density at radius 2 is 2.00 bits per heavy atom. The van der Waals surface area contributed by atoms with Crippen molar-refractivity contribution in [1.82, 2.24) is 14.7 Å². The van der Waals surface area contributed by atoms with Crippen molar-refractivity contribution in [3.8, 4) is 11.5 Å². The molecule has 28 heavy (non-hydrogen) atoms. The Kier molecular flexibility index (Phi) is 5.15. The van der Waals surface area contributed by atoms with Gasteiger partial charge in [0, 0.05) is 30.8 Å². The van der Waals surface area contributed by atoms with Crippen LogP contribution in [0.1, 0.15) is 37.7 Å². The van der Waals surface area contributed by atoms with Crippen LogP contribution in [0.15, 0.2) is 30.5 Å². The number of rotatable bonds is 5. The zero-order valence-corrected chi connectivity index (χ0v) is 16.6. The molecule has 1 saturated carbocycles. The Bertz CT molecular complexity index is 844. The maximum absolute atomic E-state index is 12.8. The van der Waals surface area contributed by atoms with E-state index in [1.807, 2.05) is 29.2 Å². The van der Waals surface area contributed by atoms with E-state index < -0.39 is 0 Å². The number of nitrogens with zero attached hydrogens (tertiary/aromatic N) is 3. The topological polar surface area (TPSA) is 68.6 Å². The molecule has 7 nitrogen and oxygen atoms in total. The number of likely N-dealkylation sites (tertiary alicyclic amines) is 1. The number of anilines is 1. The van der Waals surface area contributed by atoms with Gasteiger partial charge < -0.3 is 14.4 Å². The number of amides is 2. The molecular weight excluding hydrogens is 356 g/mol. The van der Waals surface area contributed by atoms with Crippen molar-refractivity contribution in [2.75, 3.05) is 32.6 Å². The van der Waals surface area contributed by atoms with E-state index in [-0.39, 0.29) is 6.03 Å². The average Bonchev–Trinajstić information content (AvgIpc) is 3.42. The largest absolute Gasteiger partial charge is 0.497 e. The van der Waals surface area contributed by atoms with Gasteiger partial charge in [0.05, 0.1) is 27.0 Å². The molecule has 1 aromatic heterocycles. The SMILES string of the molecule is COc1ccc(Cn2nccc2NC(=O)N2CCCC3(CC2)CC3)c(OC)c1. The molecule has 2 aromatic rings. The van der Waals surface area contributed by atoms with Gasteiger partial charge in [0.25, 0.3) is 0 Å². The third-order valence-corrected chi connectivity index (χ3v) is 6.06. The number of carbonyl (C=O) groups is 1. The third kappa shape index (κ3) is 3.93. The fraction of sp³-hybridized carbons (Fsp3) is 0.524. The van der Waals surface area contributed by atoms with Crippen LogP contribution in [0.4, 0.5) is 10.6 Å². The molecule has 150 valence electrons. The molecule has 0 atom stereocenters. The third-order valence-electron chi connectivity index (χ3n) is 6.06. The number of carbonyl (C=O) groups excluding carboxylic acids is 1. The van der Waals surface area contributed by atoms with Crippen molar-refractivity contribution in [1.29, 1.82) is 0 Å². The number of benzene rings is 1. The highest BCUT2D eigenvalue weighted by molar-refractivity contribution is 5.88. The summed E-state index contributed by atoms with van der Waals surface area (Å²) < 4.78 is 12.5. The summed E-state index contributed by atoms with van der Waals surface area (Å²) >= 11 is 0. The van der Waals surface area contributed by atoms with Gasteiger partial charge in [0.2, 0.25) is 0 Å². The first-order valence-corrected chi connectivity index (χ1v) is 9.91. The Morgan fingerprint density at radius 1 is 1.14 bits per heavy atom. The van der Waals surface area contributed by atoms with E-state index >= 15 is 0 Å². The van der Waals surface area contributed by atoms with Crippen molar-refractivity contribution >= 4 is 11.8 Å². The molecule has 1 aliphatic carbocycles. The molecule has 0 bridgehead atoms.